The van der Waals surface area contributed by atoms with Crippen LogP contribution in [0.3, 0.4) is 0 Å². The van der Waals surface area contributed by atoms with Crippen LogP contribution in [-0.4, -0.2) is 41.4 Å². The Kier molecular flexibility index (Phi) is 4.59. The molecule has 0 aliphatic carbocycles. The fraction of sp³-hybridized carbons (Fsp3) is 0.611. The van der Waals surface area contributed by atoms with Gasteiger partial charge in [0.15, 0.2) is 0 Å². The van der Waals surface area contributed by atoms with E-state index in [1.165, 1.54) is 11.1 Å². The number of hydrogen-bond donors (Lipinski definition) is 0. The van der Waals surface area contributed by atoms with E-state index in [9.17, 15) is 4.79 Å². The van der Waals surface area contributed by atoms with Gasteiger partial charge in [-0.25, -0.2) is 0 Å². The van der Waals surface area contributed by atoms with Gasteiger partial charge < -0.3 is 4.90 Å². The van der Waals surface area contributed by atoms with Crippen molar-refractivity contribution >= 4 is 5.91 Å². The minimum atomic E-state index is 0.358. The average molecular weight is 286 g/mol. The Balaban J connectivity index is 1.56. The van der Waals surface area contributed by atoms with Crippen molar-refractivity contribution in [2.75, 3.05) is 19.6 Å². The molecule has 1 fully saturated rings. The maximum atomic E-state index is 12.1. The second kappa shape index (κ2) is 6.61. The SMILES string of the molecule is CCCCC(=O)N1CCC(N2CCc3ccccc3C2)C1. The first kappa shape index (κ1) is 14.6. The highest BCUT2D eigenvalue weighted by molar-refractivity contribution is 5.76. The predicted octanol–water partition coefficient (Wildman–Crippen LogP) is 2.84. The molecule has 1 amide bonds. The van der Waals surface area contributed by atoms with E-state index in [4.69, 9.17) is 0 Å². The molecular formula is C18H26N2O. The highest BCUT2D eigenvalue weighted by atomic mass is 16.2. The van der Waals surface area contributed by atoms with Gasteiger partial charge in [0.2, 0.25) is 5.91 Å². The number of nitrogens with zero attached hydrogens (tertiary/aromatic N) is 2. The first-order chi connectivity index (χ1) is 10.3. The molecule has 3 heteroatoms. The monoisotopic (exact) mass is 286 g/mol. The zero-order valence-corrected chi connectivity index (χ0v) is 13.1. The molecule has 0 bridgehead atoms. The Bertz CT molecular complexity index is 500. The van der Waals surface area contributed by atoms with Crippen molar-refractivity contribution in [2.24, 2.45) is 0 Å². The summed E-state index contributed by atoms with van der Waals surface area (Å²) >= 11 is 0. The van der Waals surface area contributed by atoms with Crippen molar-refractivity contribution in [3.05, 3.63) is 35.4 Å². The fourth-order valence-corrected chi connectivity index (χ4v) is 3.58. The molecule has 21 heavy (non-hydrogen) atoms. The van der Waals surface area contributed by atoms with Gasteiger partial charge in [-0.1, -0.05) is 37.6 Å². The molecular weight excluding hydrogens is 260 g/mol. The summed E-state index contributed by atoms with van der Waals surface area (Å²) in [6.07, 6.45) is 5.14. The van der Waals surface area contributed by atoms with Gasteiger partial charge in [0.25, 0.3) is 0 Å². The van der Waals surface area contributed by atoms with Crippen LogP contribution in [0.5, 0.6) is 0 Å². The van der Waals surface area contributed by atoms with Gasteiger partial charge in [-0.05, 0) is 30.4 Å². The standard InChI is InChI=1S/C18H26N2O/c1-2-3-8-18(21)20-12-10-17(14-20)19-11-9-15-6-4-5-7-16(15)13-19/h4-7,17H,2-3,8-14H2,1H3. The number of unbranched alkanes of at least 4 members (excludes halogenated alkanes) is 1. The van der Waals surface area contributed by atoms with E-state index in [2.05, 4.69) is 41.0 Å². The first-order valence-corrected chi connectivity index (χ1v) is 8.36. The molecule has 0 N–H and O–H groups in total. The summed E-state index contributed by atoms with van der Waals surface area (Å²) in [4.78, 5) is 16.8. The van der Waals surface area contributed by atoms with E-state index in [1.807, 2.05) is 0 Å². The number of benzene rings is 1. The molecule has 1 aromatic rings. The van der Waals surface area contributed by atoms with E-state index in [0.29, 0.717) is 11.9 Å². The minimum Gasteiger partial charge on any atom is -0.341 e. The molecule has 0 saturated carbocycles. The average Bonchev–Trinajstić information content (AvgIpc) is 3.02. The highest BCUT2D eigenvalue weighted by Gasteiger charge is 2.31. The lowest BCUT2D eigenvalue weighted by molar-refractivity contribution is -0.130. The fourth-order valence-electron chi connectivity index (χ4n) is 3.58. The van der Waals surface area contributed by atoms with Crippen LogP contribution in [0.2, 0.25) is 0 Å². The third kappa shape index (κ3) is 3.29. The van der Waals surface area contributed by atoms with Gasteiger partial charge in [-0.15, -0.1) is 0 Å². The molecule has 1 unspecified atom stereocenters. The van der Waals surface area contributed by atoms with Crippen LogP contribution in [-0.2, 0) is 17.8 Å². The summed E-state index contributed by atoms with van der Waals surface area (Å²) in [5.74, 6) is 0.358. The van der Waals surface area contributed by atoms with Crippen molar-refractivity contribution in [3.63, 3.8) is 0 Å². The Morgan fingerprint density at radius 2 is 2.05 bits per heavy atom. The lowest BCUT2D eigenvalue weighted by Gasteiger charge is -2.33. The second-order valence-corrected chi connectivity index (χ2v) is 6.37. The van der Waals surface area contributed by atoms with Crippen LogP contribution in [0.15, 0.2) is 24.3 Å². The van der Waals surface area contributed by atoms with Crippen molar-refractivity contribution in [2.45, 2.75) is 51.6 Å². The number of carbonyl (C=O) groups excluding carboxylic acids is 1. The van der Waals surface area contributed by atoms with E-state index in [1.54, 1.807) is 0 Å². The maximum Gasteiger partial charge on any atom is 0.222 e. The third-order valence-corrected chi connectivity index (χ3v) is 4.94. The van der Waals surface area contributed by atoms with Crippen molar-refractivity contribution in [3.8, 4) is 0 Å². The molecule has 1 atom stereocenters. The van der Waals surface area contributed by atoms with Gasteiger partial charge in [-0.2, -0.15) is 0 Å². The van der Waals surface area contributed by atoms with Crippen molar-refractivity contribution in [1.29, 1.82) is 0 Å². The molecule has 1 saturated heterocycles. The molecule has 1 aromatic carbocycles. The molecule has 2 heterocycles. The predicted molar refractivity (Wildman–Crippen MR) is 85.1 cm³/mol. The summed E-state index contributed by atoms with van der Waals surface area (Å²) in [6.45, 7) is 6.22. The number of likely N-dealkylation sites (tertiary alicyclic amines) is 1. The minimum absolute atomic E-state index is 0.358. The largest absolute Gasteiger partial charge is 0.341 e. The Labute approximate surface area is 127 Å². The Hall–Kier alpha value is -1.35. The number of carbonyl (C=O) groups is 1. The molecule has 2 aliphatic heterocycles. The molecule has 3 nitrogen and oxygen atoms in total. The number of fused-ring (bicyclic) bond motifs is 1. The molecule has 2 aliphatic rings. The second-order valence-electron chi connectivity index (χ2n) is 6.37. The summed E-state index contributed by atoms with van der Waals surface area (Å²) in [6, 6.07) is 9.34. The van der Waals surface area contributed by atoms with E-state index in [0.717, 1.165) is 58.3 Å². The molecule has 0 spiro atoms. The maximum absolute atomic E-state index is 12.1. The summed E-state index contributed by atoms with van der Waals surface area (Å²) in [5.41, 5.74) is 2.97. The van der Waals surface area contributed by atoms with Gasteiger partial charge in [0, 0.05) is 38.6 Å². The number of hydrogen-bond acceptors (Lipinski definition) is 2. The molecule has 3 rings (SSSR count). The smallest absolute Gasteiger partial charge is 0.222 e. The molecule has 114 valence electrons. The zero-order valence-electron chi connectivity index (χ0n) is 13.1. The van der Waals surface area contributed by atoms with Crippen LogP contribution in [0.4, 0.5) is 0 Å². The van der Waals surface area contributed by atoms with Crippen molar-refractivity contribution < 1.29 is 4.79 Å². The summed E-state index contributed by atoms with van der Waals surface area (Å²) in [7, 11) is 0. The van der Waals surface area contributed by atoms with E-state index in [-0.39, 0.29) is 0 Å². The lowest BCUT2D eigenvalue weighted by atomic mass is 9.98. The first-order valence-electron chi connectivity index (χ1n) is 8.36. The van der Waals surface area contributed by atoms with Crippen LogP contribution in [0.25, 0.3) is 0 Å². The Morgan fingerprint density at radius 3 is 2.86 bits per heavy atom. The number of amides is 1. The van der Waals surface area contributed by atoms with Crippen molar-refractivity contribution in [1.82, 2.24) is 9.80 Å². The van der Waals surface area contributed by atoms with Gasteiger partial charge in [0.05, 0.1) is 0 Å². The normalized spacial score (nSPS) is 22.3. The van der Waals surface area contributed by atoms with Crippen LogP contribution in [0, 0.1) is 0 Å². The van der Waals surface area contributed by atoms with Gasteiger partial charge in [0.1, 0.15) is 0 Å². The topological polar surface area (TPSA) is 23.6 Å². The summed E-state index contributed by atoms with van der Waals surface area (Å²) in [5, 5.41) is 0. The lowest BCUT2D eigenvalue weighted by Crippen LogP contribution is -2.41. The van der Waals surface area contributed by atoms with Crippen LogP contribution < -0.4 is 0 Å². The molecule has 0 radical (unpaired) electrons. The van der Waals surface area contributed by atoms with Crippen LogP contribution in [0.1, 0.15) is 43.7 Å². The quantitative estimate of drug-likeness (QED) is 0.850. The van der Waals surface area contributed by atoms with Gasteiger partial charge in [-0.3, -0.25) is 9.69 Å². The highest BCUT2D eigenvalue weighted by Crippen LogP contribution is 2.24. The summed E-state index contributed by atoms with van der Waals surface area (Å²) < 4.78 is 0. The third-order valence-electron chi connectivity index (χ3n) is 4.94. The number of rotatable bonds is 4. The zero-order chi connectivity index (χ0) is 14.7. The van der Waals surface area contributed by atoms with E-state index < -0.39 is 0 Å². The Morgan fingerprint density at radius 1 is 1.24 bits per heavy atom. The molecule has 0 aromatic heterocycles. The van der Waals surface area contributed by atoms with Gasteiger partial charge >= 0.3 is 0 Å². The van der Waals surface area contributed by atoms with E-state index >= 15 is 0 Å². The van der Waals surface area contributed by atoms with Crippen LogP contribution >= 0.6 is 0 Å².